The lowest BCUT2D eigenvalue weighted by atomic mass is 10.1. The van der Waals surface area contributed by atoms with E-state index in [2.05, 4.69) is 10.3 Å². The van der Waals surface area contributed by atoms with Gasteiger partial charge in [-0.3, -0.25) is 5.32 Å². The largest absolute Gasteiger partial charge is 0.497 e. The second kappa shape index (κ2) is 6.33. The van der Waals surface area contributed by atoms with E-state index in [1.54, 1.807) is 12.4 Å². The van der Waals surface area contributed by atoms with Gasteiger partial charge in [0.15, 0.2) is 11.4 Å². The van der Waals surface area contributed by atoms with Gasteiger partial charge in [0.1, 0.15) is 5.75 Å². The van der Waals surface area contributed by atoms with Crippen LogP contribution in [-0.4, -0.2) is 18.5 Å². The average molecular weight is 289 g/mol. The molecule has 102 valence electrons. The average Bonchev–Trinajstić information content (AvgIpc) is 2.37. The summed E-state index contributed by atoms with van der Waals surface area (Å²) in [6, 6.07) is 3.43. The Labute approximate surface area is 112 Å². The number of methoxy groups -OCH3 is 1. The molecule has 0 saturated carbocycles. The minimum absolute atomic E-state index is 0.0816. The molecule has 0 aliphatic rings. The monoisotopic (exact) mass is 289 g/mol. The van der Waals surface area contributed by atoms with Crippen molar-refractivity contribution in [3.8, 4) is 11.9 Å². The van der Waals surface area contributed by atoms with E-state index >= 15 is 0 Å². The molecule has 0 unspecified atom stereocenters. The number of thioether (sulfide) groups is 1. The van der Waals surface area contributed by atoms with Crippen LogP contribution in [0.4, 0.5) is 18.9 Å². The molecular formula is C11H10F3N3OS. The van der Waals surface area contributed by atoms with Crippen molar-refractivity contribution >= 4 is 22.6 Å². The van der Waals surface area contributed by atoms with Gasteiger partial charge < -0.3 is 4.74 Å². The summed E-state index contributed by atoms with van der Waals surface area (Å²) in [7, 11) is 1.28. The van der Waals surface area contributed by atoms with Crippen LogP contribution < -0.4 is 10.1 Å². The van der Waals surface area contributed by atoms with Gasteiger partial charge in [0.25, 0.3) is 0 Å². The predicted octanol–water partition coefficient (Wildman–Crippen LogP) is 3.14. The Morgan fingerprint density at radius 1 is 1.47 bits per heavy atom. The quantitative estimate of drug-likeness (QED) is 0.393. The lowest BCUT2D eigenvalue weighted by molar-refractivity contribution is -0.137. The smallest absolute Gasteiger partial charge is 0.418 e. The molecule has 0 heterocycles. The van der Waals surface area contributed by atoms with Crippen molar-refractivity contribution in [2.24, 2.45) is 4.99 Å². The summed E-state index contributed by atoms with van der Waals surface area (Å²) in [6.07, 6.45) is -1.34. The van der Waals surface area contributed by atoms with Gasteiger partial charge in [0, 0.05) is 0 Å². The van der Waals surface area contributed by atoms with Gasteiger partial charge in [-0.15, -0.1) is 0 Å². The first-order chi connectivity index (χ1) is 8.92. The van der Waals surface area contributed by atoms with E-state index in [4.69, 9.17) is 10.00 Å². The molecule has 0 saturated heterocycles. The summed E-state index contributed by atoms with van der Waals surface area (Å²) < 4.78 is 43.4. The minimum Gasteiger partial charge on any atom is -0.497 e. The van der Waals surface area contributed by atoms with Gasteiger partial charge in [0.05, 0.1) is 18.4 Å². The van der Waals surface area contributed by atoms with Crippen LogP contribution in [0.15, 0.2) is 23.2 Å². The summed E-state index contributed by atoms with van der Waals surface area (Å²) in [6.45, 7) is 0. The molecule has 0 radical (unpaired) electrons. The molecule has 0 aromatic heterocycles. The van der Waals surface area contributed by atoms with Crippen LogP contribution in [0.25, 0.3) is 0 Å². The number of aliphatic imine (C=N–C) groups is 1. The van der Waals surface area contributed by atoms with Gasteiger partial charge >= 0.3 is 6.18 Å². The number of nitriles is 1. The maximum Gasteiger partial charge on any atom is 0.418 e. The van der Waals surface area contributed by atoms with E-state index in [1.165, 1.54) is 19.2 Å². The van der Waals surface area contributed by atoms with Gasteiger partial charge in [0.2, 0.25) is 0 Å². The van der Waals surface area contributed by atoms with Gasteiger partial charge in [-0.2, -0.15) is 18.4 Å². The second-order valence-electron chi connectivity index (χ2n) is 3.24. The van der Waals surface area contributed by atoms with Gasteiger partial charge in [-0.05, 0) is 24.5 Å². The first-order valence-corrected chi connectivity index (χ1v) is 6.18. The standard InChI is InChI=1S/C11H10F3N3OS/c1-18-7-3-4-9(8(5-7)11(12,13)14)17-10(19-2)16-6-15/h3-5H,1-2H3,(H,16,17). The summed E-state index contributed by atoms with van der Waals surface area (Å²) >= 11 is 1.04. The highest BCUT2D eigenvalue weighted by Gasteiger charge is 2.34. The van der Waals surface area contributed by atoms with Crippen LogP contribution in [-0.2, 0) is 6.18 Å². The number of rotatable bonds is 2. The third-order valence-corrected chi connectivity index (χ3v) is 2.67. The normalized spacial score (nSPS) is 11.9. The Kier molecular flexibility index (Phi) is 5.06. The molecule has 4 nitrogen and oxygen atoms in total. The first-order valence-electron chi connectivity index (χ1n) is 4.95. The zero-order valence-corrected chi connectivity index (χ0v) is 10.9. The Hall–Kier alpha value is -1.88. The number of hydrogen-bond acceptors (Lipinski definition) is 4. The van der Waals surface area contributed by atoms with Crippen molar-refractivity contribution in [1.82, 2.24) is 5.32 Å². The second-order valence-corrected chi connectivity index (χ2v) is 4.03. The Morgan fingerprint density at radius 3 is 2.63 bits per heavy atom. The van der Waals surface area contributed by atoms with Crippen LogP contribution in [0.1, 0.15) is 5.56 Å². The molecule has 8 heteroatoms. The Bertz CT molecular complexity index is 523. The fourth-order valence-electron chi connectivity index (χ4n) is 1.25. The molecule has 1 aromatic carbocycles. The van der Waals surface area contributed by atoms with E-state index in [0.29, 0.717) is 0 Å². The number of nitrogens with zero attached hydrogens (tertiary/aromatic N) is 2. The van der Waals surface area contributed by atoms with Gasteiger partial charge in [-0.1, -0.05) is 11.8 Å². The molecule has 1 aromatic rings. The van der Waals surface area contributed by atoms with E-state index in [1.807, 2.05) is 0 Å². The van der Waals surface area contributed by atoms with E-state index < -0.39 is 11.7 Å². The van der Waals surface area contributed by atoms with Crippen molar-refractivity contribution < 1.29 is 17.9 Å². The molecule has 0 bridgehead atoms. The lowest BCUT2D eigenvalue weighted by Crippen LogP contribution is -2.13. The van der Waals surface area contributed by atoms with Crippen LogP contribution >= 0.6 is 11.8 Å². The van der Waals surface area contributed by atoms with Crippen molar-refractivity contribution in [1.29, 1.82) is 5.26 Å². The highest BCUT2D eigenvalue weighted by molar-refractivity contribution is 8.13. The molecule has 0 aliphatic heterocycles. The third-order valence-electron chi connectivity index (χ3n) is 2.09. The first kappa shape index (κ1) is 15.2. The van der Waals surface area contributed by atoms with Crippen molar-refractivity contribution in [2.75, 3.05) is 13.4 Å². The third kappa shape index (κ3) is 4.06. The zero-order chi connectivity index (χ0) is 14.5. The topological polar surface area (TPSA) is 57.4 Å². The highest BCUT2D eigenvalue weighted by atomic mass is 32.2. The molecule has 0 atom stereocenters. The number of ether oxygens (including phenoxy) is 1. The summed E-state index contributed by atoms with van der Waals surface area (Å²) in [5, 5.41) is 10.7. The van der Waals surface area contributed by atoms with Crippen molar-refractivity contribution in [3.63, 3.8) is 0 Å². The Balaban J connectivity index is 3.31. The van der Waals surface area contributed by atoms with E-state index in [0.717, 1.165) is 17.8 Å². The van der Waals surface area contributed by atoms with Crippen LogP contribution in [0.3, 0.4) is 0 Å². The highest BCUT2D eigenvalue weighted by Crippen LogP contribution is 2.38. The van der Waals surface area contributed by atoms with E-state index in [-0.39, 0.29) is 16.6 Å². The number of alkyl halides is 3. The lowest BCUT2D eigenvalue weighted by Gasteiger charge is -2.12. The van der Waals surface area contributed by atoms with E-state index in [9.17, 15) is 13.2 Å². The Morgan fingerprint density at radius 2 is 2.16 bits per heavy atom. The number of amidine groups is 1. The van der Waals surface area contributed by atoms with Crippen molar-refractivity contribution in [3.05, 3.63) is 23.8 Å². The zero-order valence-electron chi connectivity index (χ0n) is 10.1. The summed E-state index contributed by atoms with van der Waals surface area (Å²) in [5.41, 5.74) is -1.20. The molecule has 0 aliphatic carbocycles. The van der Waals surface area contributed by atoms with Crippen LogP contribution in [0, 0.1) is 11.5 Å². The number of hydrogen-bond donors (Lipinski definition) is 1. The number of halogens is 3. The van der Waals surface area contributed by atoms with Crippen molar-refractivity contribution in [2.45, 2.75) is 6.18 Å². The fraction of sp³-hybridized carbons (Fsp3) is 0.273. The molecular weight excluding hydrogens is 279 g/mol. The number of benzene rings is 1. The SMILES string of the molecule is COc1ccc(N=C(NC#N)SC)c(C(F)(F)F)c1. The number of nitrogens with one attached hydrogen (secondary N) is 1. The summed E-state index contributed by atoms with van der Waals surface area (Å²) in [4.78, 5) is 3.78. The van der Waals surface area contributed by atoms with Crippen LogP contribution in [0.2, 0.25) is 0 Å². The molecule has 0 amide bonds. The summed E-state index contributed by atoms with van der Waals surface area (Å²) in [5.74, 6) is 0.0882. The predicted molar refractivity (Wildman–Crippen MR) is 67.4 cm³/mol. The molecule has 1 N–H and O–H groups in total. The molecule has 0 fully saturated rings. The van der Waals surface area contributed by atoms with Crippen LogP contribution in [0.5, 0.6) is 5.75 Å². The van der Waals surface area contributed by atoms with Gasteiger partial charge in [-0.25, -0.2) is 4.99 Å². The molecule has 19 heavy (non-hydrogen) atoms. The maximum absolute atomic E-state index is 12.9. The maximum atomic E-state index is 12.9. The molecule has 0 spiro atoms. The molecule has 1 rings (SSSR count). The fourth-order valence-corrected chi connectivity index (χ4v) is 1.59. The minimum atomic E-state index is -4.55.